The molecular formula is C22H27N3O3S. The van der Waals surface area contributed by atoms with Gasteiger partial charge in [0, 0.05) is 43.5 Å². The molecule has 4 rings (SSSR count). The summed E-state index contributed by atoms with van der Waals surface area (Å²) < 4.78 is 28.2. The van der Waals surface area contributed by atoms with Crippen molar-refractivity contribution < 1.29 is 13.2 Å². The van der Waals surface area contributed by atoms with Gasteiger partial charge in [-0.1, -0.05) is 12.1 Å². The zero-order valence-electron chi connectivity index (χ0n) is 16.9. The second-order valence-electron chi connectivity index (χ2n) is 7.97. The Morgan fingerprint density at radius 1 is 1.07 bits per heavy atom. The number of hydrogen-bond donors (Lipinski definition) is 1. The van der Waals surface area contributed by atoms with Crippen molar-refractivity contribution in [3.63, 3.8) is 0 Å². The van der Waals surface area contributed by atoms with E-state index in [-0.39, 0.29) is 11.9 Å². The van der Waals surface area contributed by atoms with Crippen LogP contribution in [0.3, 0.4) is 0 Å². The molecule has 1 atom stereocenters. The summed E-state index contributed by atoms with van der Waals surface area (Å²) in [5, 5.41) is 2.86. The number of fused-ring (bicyclic) bond motifs is 1. The molecule has 0 saturated carbocycles. The van der Waals surface area contributed by atoms with Crippen molar-refractivity contribution in [3.05, 3.63) is 53.6 Å². The summed E-state index contributed by atoms with van der Waals surface area (Å²) in [6.07, 6.45) is 1.90. The number of benzene rings is 2. The Morgan fingerprint density at radius 3 is 2.66 bits per heavy atom. The smallest absolute Gasteiger partial charge is 0.243 e. The number of piperazine rings is 1. The van der Waals surface area contributed by atoms with Crippen LogP contribution in [0.5, 0.6) is 0 Å². The van der Waals surface area contributed by atoms with Gasteiger partial charge in [-0.15, -0.1) is 0 Å². The van der Waals surface area contributed by atoms with Crippen LogP contribution in [0.1, 0.15) is 30.9 Å². The quantitative estimate of drug-likeness (QED) is 0.839. The highest BCUT2D eigenvalue weighted by Crippen LogP contribution is 2.29. The third-order valence-electron chi connectivity index (χ3n) is 5.76. The molecule has 1 amide bonds. The minimum atomic E-state index is -3.57. The number of carbonyl (C=O) groups excluding carboxylic acids is 1. The molecule has 2 aliphatic heterocycles. The summed E-state index contributed by atoms with van der Waals surface area (Å²) in [4.78, 5) is 14.3. The van der Waals surface area contributed by atoms with E-state index in [1.54, 1.807) is 22.5 Å². The molecule has 0 spiro atoms. The average Bonchev–Trinajstić information content (AvgIpc) is 2.87. The van der Waals surface area contributed by atoms with Crippen molar-refractivity contribution in [2.75, 3.05) is 29.9 Å². The zero-order chi connectivity index (χ0) is 20.6. The lowest BCUT2D eigenvalue weighted by Gasteiger charge is -2.40. The second kappa shape index (κ2) is 7.80. The van der Waals surface area contributed by atoms with Crippen molar-refractivity contribution in [2.45, 2.75) is 44.0 Å². The Hall–Kier alpha value is -2.38. The Morgan fingerprint density at radius 2 is 1.90 bits per heavy atom. The second-order valence-corrected chi connectivity index (χ2v) is 9.90. The summed E-state index contributed by atoms with van der Waals surface area (Å²) in [6, 6.07) is 13.5. The number of hydrogen-bond acceptors (Lipinski definition) is 4. The number of nitrogens with zero attached hydrogens (tertiary/aromatic N) is 2. The summed E-state index contributed by atoms with van der Waals surface area (Å²) in [6.45, 7) is 5.69. The first-order valence-corrected chi connectivity index (χ1v) is 11.5. The van der Waals surface area contributed by atoms with Gasteiger partial charge in [-0.25, -0.2) is 8.42 Å². The molecule has 29 heavy (non-hydrogen) atoms. The molecule has 2 aromatic carbocycles. The van der Waals surface area contributed by atoms with Crippen LogP contribution >= 0.6 is 0 Å². The summed E-state index contributed by atoms with van der Waals surface area (Å²) >= 11 is 0. The molecule has 1 fully saturated rings. The SMILES string of the molecule is Cc1cccc(N2CCN(S(=O)(=O)c3ccc4c(c3)CCCC(=O)N4)C[C@H]2C)c1. The molecule has 2 heterocycles. The largest absolute Gasteiger partial charge is 0.366 e. The molecule has 6 nitrogen and oxygen atoms in total. The third-order valence-corrected chi connectivity index (χ3v) is 7.62. The Kier molecular flexibility index (Phi) is 5.36. The van der Waals surface area contributed by atoms with Gasteiger partial charge in [0.25, 0.3) is 0 Å². The van der Waals surface area contributed by atoms with E-state index in [0.29, 0.717) is 37.4 Å². The molecule has 7 heteroatoms. The van der Waals surface area contributed by atoms with E-state index in [1.807, 2.05) is 6.07 Å². The van der Waals surface area contributed by atoms with Gasteiger partial charge in [-0.05, 0) is 68.1 Å². The highest BCUT2D eigenvalue weighted by Gasteiger charge is 2.33. The van der Waals surface area contributed by atoms with E-state index in [2.05, 4.69) is 42.3 Å². The molecule has 1 N–H and O–H groups in total. The lowest BCUT2D eigenvalue weighted by molar-refractivity contribution is -0.116. The fraction of sp³-hybridized carbons (Fsp3) is 0.409. The number of sulfonamides is 1. The van der Waals surface area contributed by atoms with Crippen molar-refractivity contribution in [1.29, 1.82) is 0 Å². The molecule has 0 bridgehead atoms. The van der Waals surface area contributed by atoms with E-state index in [1.165, 1.54) is 5.56 Å². The van der Waals surface area contributed by atoms with Crippen LogP contribution in [-0.2, 0) is 21.2 Å². The summed E-state index contributed by atoms with van der Waals surface area (Å²) in [7, 11) is -3.57. The van der Waals surface area contributed by atoms with Gasteiger partial charge in [0.1, 0.15) is 0 Å². The molecule has 154 valence electrons. The first kappa shape index (κ1) is 19.9. The van der Waals surface area contributed by atoms with Gasteiger partial charge in [0.15, 0.2) is 0 Å². The van der Waals surface area contributed by atoms with E-state index >= 15 is 0 Å². The van der Waals surface area contributed by atoms with Crippen LogP contribution in [0.25, 0.3) is 0 Å². The fourth-order valence-electron chi connectivity index (χ4n) is 4.19. The number of carbonyl (C=O) groups is 1. The maximum absolute atomic E-state index is 13.3. The highest BCUT2D eigenvalue weighted by molar-refractivity contribution is 7.89. The number of nitrogens with one attached hydrogen (secondary N) is 1. The summed E-state index contributed by atoms with van der Waals surface area (Å²) in [5.74, 6) is -0.0135. The predicted octanol–water partition coefficient (Wildman–Crippen LogP) is 3.17. The first-order chi connectivity index (χ1) is 13.8. The zero-order valence-corrected chi connectivity index (χ0v) is 17.7. The monoisotopic (exact) mass is 413 g/mol. The summed E-state index contributed by atoms with van der Waals surface area (Å²) in [5.41, 5.74) is 3.95. The van der Waals surface area contributed by atoms with Crippen LogP contribution in [0.15, 0.2) is 47.4 Å². The maximum Gasteiger partial charge on any atom is 0.243 e. The van der Waals surface area contributed by atoms with Gasteiger partial charge >= 0.3 is 0 Å². The van der Waals surface area contributed by atoms with Crippen LogP contribution in [0, 0.1) is 6.92 Å². The molecular weight excluding hydrogens is 386 g/mol. The topological polar surface area (TPSA) is 69.7 Å². The lowest BCUT2D eigenvalue weighted by Crippen LogP contribution is -2.53. The van der Waals surface area contributed by atoms with Gasteiger partial charge in [-0.2, -0.15) is 4.31 Å². The molecule has 0 aromatic heterocycles. The van der Waals surface area contributed by atoms with E-state index in [4.69, 9.17) is 0 Å². The number of aryl methyl sites for hydroxylation is 2. The minimum absolute atomic E-state index is 0.0135. The molecule has 0 aliphatic carbocycles. The molecule has 0 radical (unpaired) electrons. The van der Waals surface area contributed by atoms with E-state index in [9.17, 15) is 13.2 Å². The molecule has 2 aromatic rings. The predicted molar refractivity (Wildman–Crippen MR) is 115 cm³/mol. The van der Waals surface area contributed by atoms with Crippen molar-refractivity contribution >= 4 is 27.3 Å². The van der Waals surface area contributed by atoms with Crippen LogP contribution in [0.2, 0.25) is 0 Å². The number of rotatable bonds is 3. The number of amides is 1. The Balaban J connectivity index is 1.54. The Labute approximate surface area is 172 Å². The highest BCUT2D eigenvalue weighted by atomic mass is 32.2. The van der Waals surface area contributed by atoms with Gasteiger partial charge in [0.05, 0.1) is 4.90 Å². The fourth-order valence-corrected chi connectivity index (χ4v) is 5.76. The number of anilines is 2. The minimum Gasteiger partial charge on any atom is -0.366 e. The van der Waals surface area contributed by atoms with Gasteiger partial charge in [-0.3, -0.25) is 4.79 Å². The van der Waals surface area contributed by atoms with Crippen molar-refractivity contribution in [3.8, 4) is 0 Å². The molecule has 2 aliphatic rings. The van der Waals surface area contributed by atoms with E-state index in [0.717, 1.165) is 23.4 Å². The van der Waals surface area contributed by atoms with Crippen LogP contribution in [-0.4, -0.2) is 44.3 Å². The van der Waals surface area contributed by atoms with Gasteiger partial charge < -0.3 is 10.2 Å². The normalized spacial score (nSPS) is 20.7. The molecule has 1 saturated heterocycles. The van der Waals surface area contributed by atoms with Crippen LogP contribution < -0.4 is 10.2 Å². The van der Waals surface area contributed by atoms with Crippen molar-refractivity contribution in [1.82, 2.24) is 4.31 Å². The van der Waals surface area contributed by atoms with Gasteiger partial charge in [0.2, 0.25) is 15.9 Å². The maximum atomic E-state index is 13.3. The standard InChI is InChI=1S/C22H27N3O3S/c1-16-5-3-7-19(13-16)25-12-11-24(15-17(25)2)29(27,28)20-9-10-21-18(14-20)6-4-8-22(26)23-21/h3,5,7,9-10,13-14,17H,4,6,8,11-12,15H2,1-2H3,(H,23,26)/t17-/m1/s1. The van der Waals surface area contributed by atoms with Crippen LogP contribution in [0.4, 0.5) is 11.4 Å². The van der Waals surface area contributed by atoms with Crippen molar-refractivity contribution in [2.24, 2.45) is 0 Å². The Bertz CT molecular complexity index is 1040. The molecule has 0 unspecified atom stereocenters. The third kappa shape index (κ3) is 4.02. The average molecular weight is 414 g/mol. The first-order valence-electron chi connectivity index (χ1n) is 10.1. The lowest BCUT2D eigenvalue weighted by atomic mass is 10.1. The van der Waals surface area contributed by atoms with E-state index < -0.39 is 10.0 Å².